The number of hydrazone groups is 1. The van der Waals surface area contributed by atoms with E-state index in [9.17, 15) is 4.79 Å². The van der Waals surface area contributed by atoms with Gasteiger partial charge in [-0.05, 0) is 67.1 Å². The molecule has 0 saturated carbocycles. The fourth-order valence-corrected chi connectivity index (χ4v) is 2.25. The van der Waals surface area contributed by atoms with Crippen molar-refractivity contribution in [1.82, 2.24) is 5.43 Å². The maximum atomic E-state index is 12.2. The number of hydrogen-bond acceptors (Lipinski definition) is 2. The van der Waals surface area contributed by atoms with Crippen LogP contribution in [-0.2, 0) is 0 Å². The van der Waals surface area contributed by atoms with Crippen molar-refractivity contribution in [2.45, 2.75) is 40.5 Å². The molecule has 0 bridgehead atoms. The van der Waals surface area contributed by atoms with E-state index in [0.29, 0.717) is 11.5 Å². The van der Waals surface area contributed by atoms with Gasteiger partial charge < -0.3 is 0 Å². The zero-order valence-corrected chi connectivity index (χ0v) is 14.5. The number of carbonyl (C=O) groups is 1. The number of rotatable bonds is 4. The molecule has 120 valence electrons. The molecule has 0 unspecified atom stereocenters. The lowest BCUT2D eigenvalue weighted by Crippen LogP contribution is -2.19. The number of carbonyl (C=O) groups excluding carboxylic acids is 1. The predicted octanol–water partition coefficient (Wildman–Crippen LogP) is 4.58. The summed E-state index contributed by atoms with van der Waals surface area (Å²) in [6, 6.07) is 13.8. The maximum absolute atomic E-state index is 12.2. The summed E-state index contributed by atoms with van der Waals surface area (Å²) >= 11 is 0. The van der Waals surface area contributed by atoms with E-state index in [2.05, 4.69) is 50.4 Å². The zero-order chi connectivity index (χ0) is 17.0. The van der Waals surface area contributed by atoms with Crippen LogP contribution in [0.3, 0.4) is 0 Å². The highest BCUT2D eigenvalue weighted by Gasteiger charge is 2.06. The molecule has 3 heteroatoms. The zero-order valence-electron chi connectivity index (χ0n) is 14.5. The first-order chi connectivity index (χ1) is 10.9. The Morgan fingerprint density at radius 1 is 0.957 bits per heavy atom. The summed E-state index contributed by atoms with van der Waals surface area (Å²) in [7, 11) is 0. The van der Waals surface area contributed by atoms with Crippen LogP contribution in [0, 0.1) is 13.8 Å². The SMILES string of the molecule is CC(=NNC(=O)c1ccc(C(C)C)cc1)c1ccc(C)c(C)c1. The minimum atomic E-state index is -0.191. The molecule has 0 heterocycles. The van der Waals surface area contributed by atoms with Crippen molar-refractivity contribution in [3.63, 3.8) is 0 Å². The molecule has 0 fully saturated rings. The highest BCUT2D eigenvalue weighted by atomic mass is 16.2. The molecular weight excluding hydrogens is 284 g/mol. The highest BCUT2D eigenvalue weighted by molar-refractivity contribution is 6.01. The summed E-state index contributed by atoms with van der Waals surface area (Å²) in [4.78, 5) is 12.2. The molecule has 3 nitrogen and oxygen atoms in total. The summed E-state index contributed by atoms with van der Waals surface area (Å²) in [6.07, 6.45) is 0. The Morgan fingerprint density at radius 2 is 1.57 bits per heavy atom. The van der Waals surface area contributed by atoms with Gasteiger partial charge in [0.25, 0.3) is 5.91 Å². The van der Waals surface area contributed by atoms with Gasteiger partial charge in [0.15, 0.2) is 0 Å². The van der Waals surface area contributed by atoms with Crippen LogP contribution < -0.4 is 5.43 Å². The molecule has 0 aliphatic rings. The topological polar surface area (TPSA) is 41.5 Å². The average molecular weight is 308 g/mol. The first kappa shape index (κ1) is 16.9. The third kappa shape index (κ3) is 4.28. The molecule has 1 N–H and O–H groups in total. The van der Waals surface area contributed by atoms with Crippen LogP contribution in [0.4, 0.5) is 0 Å². The Morgan fingerprint density at radius 3 is 2.13 bits per heavy atom. The van der Waals surface area contributed by atoms with Gasteiger partial charge in [-0.3, -0.25) is 4.79 Å². The van der Waals surface area contributed by atoms with Crippen LogP contribution in [0.15, 0.2) is 47.6 Å². The second-order valence-corrected chi connectivity index (χ2v) is 6.21. The van der Waals surface area contributed by atoms with Crippen LogP contribution in [0.2, 0.25) is 0 Å². The van der Waals surface area contributed by atoms with Crippen LogP contribution in [0.25, 0.3) is 0 Å². The van der Waals surface area contributed by atoms with Crippen LogP contribution >= 0.6 is 0 Å². The van der Waals surface area contributed by atoms with E-state index < -0.39 is 0 Å². The monoisotopic (exact) mass is 308 g/mol. The van der Waals surface area contributed by atoms with Gasteiger partial charge in [-0.1, -0.05) is 38.1 Å². The summed E-state index contributed by atoms with van der Waals surface area (Å²) in [5, 5.41) is 4.22. The number of hydrogen-bond donors (Lipinski definition) is 1. The Labute approximate surface area is 138 Å². The molecule has 2 rings (SSSR count). The molecule has 1 amide bonds. The number of nitrogens with zero attached hydrogens (tertiary/aromatic N) is 1. The molecule has 2 aromatic carbocycles. The van der Waals surface area contributed by atoms with Crippen molar-refractivity contribution >= 4 is 11.6 Å². The summed E-state index contributed by atoms with van der Waals surface area (Å²) < 4.78 is 0. The van der Waals surface area contributed by atoms with Crippen molar-refractivity contribution < 1.29 is 4.79 Å². The molecular formula is C20H24N2O. The third-order valence-corrected chi connectivity index (χ3v) is 4.09. The fourth-order valence-electron chi connectivity index (χ4n) is 2.25. The van der Waals surface area contributed by atoms with E-state index in [0.717, 1.165) is 11.3 Å². The quantitative estimate of drug-likeness (QED) is 0.652. The number of nitrogens with one attached hydrogen (secondary N) is 1. The van der Waals surface area contributed by atoms with E-state index in [1.54, 1.807) is 0 Å². The second kappa shape index (κ2) is 7.23. The van der Waals surface area contributed by atoms with Gasteiger partial charge in [0.2, 0.25) is 0 Å². The minimum absolute atomic E-state index is 0.191. The molecule has 2 aromatic rings. The molecule has 0 aromatic heterocycles. The van der Waals surface area contributed by atoms with Gasteiger partial charge in [0.1, 0.15) is 0 Å². The molecule has 0 saturated heterocycles. The van der Waals surface area contributed by atoms with Crippen LogP contribution in [0.5, 0.6) is 0 Å². The lowest BCUT2D eigenvalue weighted by molar-refractivity contribution is 0.0955. The van der Waals surface area contributed by atoms with E-state index in [1.165, 1.54) is 16.7 Å². The van der Waals surface area contributed by atoms with Gasteiger partial charge in [-0.2, -0.15) is 5.10 Å². The fraction of sp³-hybridized carbons (Fsp3) is 0.300. The predicted molar refractivity (Wildman–Crippen MR) is 96.1 cm³/mol. The van der Waals surface area contributed by atoms with Crippen molar-refractivity contribution in [2.24, 2.45) is 5.10 Å². The van der Waals surface area contributed by atoms with Gasteiger partial charge in [0.05, 0.1) is 5.71 Å². The molecule has 23 heavy (non-hydrogen) atoms. The van der Waals surface area contributed by atoms with E-state index in [1.807, 2.05) is 37.3 Å². The van der Waals surface area contributed by atoms with E-state index >= 15 is 0 Å². The van der Waals surface area contributed by atoms with Crippen molar-refractivity contribution in [3.05, 3.63) is 70.3 Å². The maximum Gasteiger partial charge on any atom is 0.271 e. The molecule has 0 aliphatic heterocycles. The van der Waals surface area contributed by atoms with Crippen molar-refractivity contribution in [2.75, 3.05) is 0 Å². The van der Waals surface area contributed by atoms with E-state index in [-0.39, 0.29) is 5.91 Å². The van der Waals surface area contributed by atoms with Crippen LogP contribution in [0.1, 0.15) is 59.3 Å². The van der Waals surface area contributed by atoms with Gasteiger partial charge in [-0.25, -0.2) is 5.43 Å². The Balaban J connectivity index is 2.08. The first-order valence-corrected chi connectivity index (χ1v) is 7.90. The lowest BCUT2D eigenvalue weighted by Gasteiger charge is -2.07. The largest absolute Gasteiger partial charge is 0.271 e. The number of amides is 1. The van der Waals surface area contributed by atoms with Crippen LogP contribution in [-0.4, -0.2) is 11.6 Å². The lowest BCUT2D eigenvalue weighted by atomic mass is 10.0. The summed E-state index contributed by atoms with van der Waals surface area (Å²) in [6.45, 7) is 10.3. The Bertz CT molecular complexity index is 728. The van der Waals surface area contributed by atoms with Gasteiger partial charge in [0, 0.05) is 5.56 Å². The summed E-state index contributed by atoms with van der Waals surface area (Å²) in [5.41, 5.74) is 8.74. The first-order valence-electron chi connectivity index (χ1n) is 7.90. The molecule has 0 aliphatic carbocycles. The van der Waals surface area contributed by atoms with Crippen molar-refractivity contribution in [1.29, 1.82) is 0 Å². The van der Waals surface area contributed by atoms with Gasteiger partial charge in [-0.15, -0.1) is 0 Å². The smallest absolute Gasteiger partial charge is 0.267 e. The Kier molecular flexibility index (Phi) is 5.32. The molecule has 0 spiro atoms. The molecule has 0 atom stereocenters. The Hall–Kier alpha value is -2.42. The standard InChI is InChI=1S/C20H24N2O/c1-13(2)17-8-10-18(11-9-17)20(23)22-21-16(5)19-7-6-14(3)15(4)12-19/h6-13H,1-5H3,(H,22,23). The van der Waals surface area contributed by atoms with E-state index in [4.69, 9.17) is 0 Å². The number of benzene rings is 2. The highest BCUT2D eigenvalue weighted by Crippen LogP contribution is 2.15. The second-order valence-electron chi connectivity index (χ2n) is 6.21. The molecule has 0 radical (unpaired) electrons. The van der Waals surface area contributed by atoms with Gasteiger partial charge >= 0.3 is 0 Å². The normalized spacial score (nSPS) is 11.7. The number of aryl methyl sites for hydroxylation is 2. The average Bonchev–Trinajstić information content (AvgIpc) is 2.54. The third-order valence-electron chi connectivity index (χ3n) is 4.09. The summed E-state index contributed by atoms with van der Waals surface area (Å²) in [5.74, 6) is 0.264. The minimum Gasteiger partial charge on any atom is -0.267 e. The van der Waals surface area contributed by atoms with Crippen molar-refractivity contribution in [3.8, 4) is 0 Å².